The highest BCUT2D eigenvalue weighted by Crippen LogP contribution is 2.31. The molecule has 3 aromatic rings. The number of nitrogens with one attached hydrogen (secondary N) is 2. The minimum atomic E-state index is -0.0602. The largest absolute Gasteiger partial charge is 0.492 e. The molecule has 0 unspecified atom stereocenters. The summed E-state index contributed by atoms with van der Waals surface area (Å²) >= 11 is 3.45. The van der Waals surface area contributed by atoms with Gasteiger partial charge in [-0.25, -0.2) is 9.98 Å². The van der Waals surface area contributed by atoms with Gasteiger partial charge in [-0.2, -0.15) is 4.98 Å². The van der Waals surface area contributed by atoms with Gasteiger partial charge >= 0.3 is 0 Å². The van der Waals surface area contributed by atoms with Crippen molar-refractivity contribution in [2.45, 2.75) is 6.54 Å². The predicted octanol–water partition coefficient (Wildman–Crippen LogP) is 4.14. The van der Waals surface area contributed by atoms with Crippen LogP contribution in [0.15, 0.2) is 52.1 Å². The van der Waals surface area contributed by atoms with Crippen LogP contribution in [-0.2, 0) is 6.54 Å². The van der Waals surface area contributed by atoms with E-state index in [1.54, 1.807) is 12.4 Å². The first-order valence-corrected chi connectivity index (χ1v) is 8.47. The number of hydrogen-bond acceptors (Lipinski definition) is 5. The van der Waals surface area contributed by atoms with E-state index in [1.165, 1.54) is 0 Å². The SMILES string of the molecule is Oc1nc(NCc2cccc(Br)c2)[nH]c1/C=C1\C=Nc2ncccc21. The molecule has 124 valence electrons. The van der Waals surface area contributed by atoms with E-state index in [-0.39, 0.29) is 5.88 Å². The molecule has 0 bridgehead atoms. The Morgan fingerprint density at radius 1 is 1.24 bits per heavy atom. The highest BCUT2D eigenvalue weighted by Gasteiger charge is 2.14. The molecule has 0 saturated heterocycles. The molecule has 3 N–H and O–H groups in total. The van der Waals surface area contributed by atoms with Crippen molar-refractivity contribution in [3.05, 3.63) is 63.9 Å². The molecule has 0 radical (unpaired) electrons. The molecule has 6 nitrogen and oxygen atoms in total. The maximum Gasteiger partial charge on any atom is 0.238 e. The fourth-order valence-corrected chi connectivity index (χ4v) is 3.04. The molecule has 0 amide bonds. The fourth-order valence-electron chi connectivity index (χ4n) is 2.59. The maximum absolute atomic E-state index is 10.1. The zero-order valence-electron chi connectivity index (χ0n) is 13.1. The van der Waals surface area contributed by atoms with E-state index in [4.69, 9.17) is 0 Å². The molecule has 1 aromatic carbocycles. The molecule has 2 aromatic heterocycles. The molecule has 1 aliphatic heterocycles. The first-order valence-electron chi connectivity index (χ1n) is 7.67. The Hall–Kier alpha value is -2.93. The molecule has 0 aliphatic carbocycles. The number of fused-ring (bicyclic) bond motifs is 1. The number of allylic oxidation sites excluding steroid dienone is 1. The summed E-state index contributed by atoms with van der Waals surface area (Å²) in [7, 11) is 0. The fraction of sp³-hybridized carbons (Fsp3) is 0.0556. The lowest BCUT2D eigenvalue weighted by Gasteiger charge is -2.03. The van der Waals surface area contributed by atoms with Crippen LogP contribution in [0.4, 0.5) is 11.8 Å². The van der Waals surface area contributed by atoms with Crippen LogP contribution < -0.4 is 5.32 Å². The van der Waals surface area contributed by atoms with Crippen LogP contribution in [0.1, 0.15) is 16.8 Å². The van der Waals surface area contributed by atoms with Crippen LogP contribution >= 0.6 is 15.9 Å². The van der Waals surface area contributed by atoms with Gasteiger partial charge in [0.2, 0.25) is 11.8 Å². The predicted molar refractivity (Wildman–Crippen MR) is 102 cm³/mol. The number of halogens is 1. The van der Waals surface area contributed by atoms with E-state index in [1.807, 2.05) is 42.5 Å². The highest BCUT2D eigenvalue weighted by molar-refractivity contribution is 9.10. The van der Waals surface area contributed by atoms with Crippen molar-refractivity contribution in [3.8, 4) is 5.88 Å². The first-order chi connectivity index (χ1) is 12.2. The van der Waals surface area contributed by atoms with E-state index in [0.717, 1.165) is 21.2 Å². The number of nitrogens with zero attached hydrogens (tertiary/aromatic N) is 3. The molecule has 0 fully saturated rings. The second-order valence-corrected chi connectivity index (χ2v) is 6.45. The Kier molecular flexibility index (Phi) is 4.07. The van der Waals surface area contributed by atoms with Crippen LogP contribution in [0.5, 0.6) is 5.88 Å². The zero-order valence-corrected chi connectivity index (χ0v) is 14.7. The molecule has 1 aliphatic rings. The molecule has 3 heterocycles. The van der Waals surface area contributed by atoms with Crippen LogP contribution in [-0.4, -0.2) is 26.3 Å². The molecule has 25 heavy (non-hydrogen) atoms. The van der Waals surface area contributed by atoms with Crippen molar-refractivity contribution < 1.29 is 5.11 Å². The van der Waals surface area contributed by atoms with Gasteiger partial charge in [-0.1, -0.05) is 28.1 Å². The van der Waals surface area contributed by atoms with E-state index in [0.29, 0.717) is 24.0 Å². The van der Waals surface area contributed by atoms with Gasteiger partial charge in [-0.3, -0.25) is 0 Å². The number of pyridine rings is 1. The third kappa shape index (κ3) is 3.32. The van der Waals surface area contributed by atoms with Gasteiger partial charge in [0.25, 0.3) is 0 Å². The van der Waals surface area contributed by atoms with Gasteiger partial charge in [-0.05, 0) is 35.9 Å². The lowest BCUT2D eigenvalue weighted by Crippen LogP contribution is -2.00. The first kappa shape index (κ1) is 15.6. The zero-order chi connectivity index (χ0) is 17.2. The van der Waals surface area contributed by atoms with Gasteiger partial charge in [0.05, 0.1) is 0 Å². The van der Waals surface area contributed by atoms with Gasteiger partial charge in [-0.15, -0.1) is 0 Å². The molecule has 0 spiro atoms. The topological polar surface area (TPSA) is 86.2 Å². The van der Waals surface area contributed by atoms with Gasteiger partial charge in [0.1, 0.15) is 5.69 Å². The summed E-state index contributed by atoms with van der Waals surface area (Å²) in [4.78, 5) is 15.7. The number of imidazole rings is 1. The van der Waals surface area contributed by atoms with Crippen LogP contribution in [0.3, 0.4) is 0 Å². The average Bonchev–Trinajstić information content (AvgIpc) is 3.18. The van der Waals surface area contributed by atoms with Crippen molar-refractivity contribution in [1.82, 2.24) is 15.0 Å². The maximum atomic E-state index is 10.1. The lowest BCUT2D eigenvalue weighted by atomic mass is 10.1. The number of hydrogen-bond donors (Lipinski definition) is 3. The third-order valence-corrected chi connectivity index (χ3v) is 4.28. The Labute approximate surface area is 152 Å². The Morgan fingerprint density at radius 2 is 2.16 bits per heavy atom. The Morgan fingerprint density at radius 3 is 3.04 bits per heavy atom. The van der Waals surface area contributed by atoms with Gasteiger partial charge in [0.15, 0.2) is 5.82 Å². The quantitative estimate of drug-likeness (QED) is 0.619. The highest BCUT2D eigenvalue weighted by atomic mass is 79.9. The third-order valence-electron chi connectivity index (χ3n) is 3.78. The number of aliphatic imine (C=N–C) groups is 1. The minimum absolute atomic E-state index is 0.0602. The second kappa shape index (κ2) is 6.52. The summed E-state index contributed by atoms with van der Waals surface area (Å²) in [5, 5.41) is 13.3. The average molecular weight is 396 g/mol. The van der Waals surface area contributed by atoms with E-state index >= 15 is 0 Å². The summed E-state index contributed by atoms with van der Waals surface area (Å²) in [5.74, 6) is 1.13. The normalized spacial score (nSPS) is 14.0. The summed E-state index contributed by atoms with van der Waals surface area (Å²) in [6, 6.07) is 11.8. The molecular formula is C18H14BrN5O. The van der Waals surface area contributed by atoms with E-state index in [9.17, 15) is 5.11 Å². The molecule has 0 atom stereocenters. The standard InChI is InChI=1S/C18H14BrN5O/c19-13-4-1-3-11(7-13)9-22-18-23-15(17(25)24-18)8-12-10-21-16-14(12)5-2-6-20-16/h1-8,10,25H,9H2,(H2,22,23,24)/b12-8+. The molecule has 4 rings (SSSR count). The van der Waals surface area contributed by atoms with Crippen molar-refractivity contribution in [1.29, 1.82) is 0 Å². The summed E-state index contributed by atoms with van der Waals surface area (Å²) in [5.41, 5.74) is 3.43. The molecule has 7 heteroatoms. The lowest BCUT2D eigenvalue weighted by molar-refractivity contribution is 0.455. The van der Waals surface area contributed by atoms with Crippen molar-refractivity contribution in [3.63, 3.8) is 0 Å². The number of rotatable bonds is 4. The molecule has 0 saturated carbocycles. The number of aromatic amines is 1. The van der Waals surface area contributed by atoms with Crippen LogP contribution in [0.2, 0.25) is 0 Å². The summed E-state index contributed by atoms with van der Waals surface area (Å²) in [6.07, 6.45) is 5.24. The minimum Gasteiger partial charge on any atom is -0.492 e. The summed E-state index contributed by atoms with van der Waals surface area (Å²) < 4.78 is 1.02. The van der Waals surface area contributed by atoms with Crippen molar-refractivity contribution in [2.24, 2.45) is 4.99 Å². The second-order valence-electron chi connectivity index (χ2n) is 5.54. The van der Waals surface area contributed by atoms with Crippen LogP contribution in [0.25, 0.3) is 11.6 Å². The molecular weight excluding hydrogens is 382 g/mol. The Bertz CT molecular complexity index is 993. The monoisotopic (exact) mass is 395 g/mol. The van der Waals surface area contributed by atoms with Crippen molar-refractivity contribution in [2.75, 3.05) is 5.32 Å². The van der Waals surface area contributed by atoms with Crippen LogP contribution in [0, 0.1) is 0 Å². The smallest absolute Gasteiger partial charge is 0.238 e. The van der Waals surface area contributed by atoms with Crippen molar-refractivity contribution >= 4 is 45.6 Å². The number of aromatic hydroxyl groups is 1. The van der Waals surface area contributed by atoms with Gasteiger partial charge < -0.3 is 15.4 Å². The van der Waals surface area contributed by atoms with Gasteiger partial charge in [0, 0.05) is 34.6 Å². The number of H-pyrrole nitrogens is 1. The summed E-state index contributed by atoms with van der Waals surface area (Å²) in [6.45, 7) is 0.594. The number of anilines is 1. The number of aromatic nitrogens is 3. The Balaban J connectivity index is 1.53. The number of benzene rings is 1. The van der Waals surface area contributed by atoms with E-state index < -0.39 is 0 Å². The van der Waals surface area contributed by atoms with E-state index in [2.05, 4.69) is 41.2 Å².